The van der Waals surface area contributed by atoms with Crippen molar-refractivity contribution >= 4 is 5.97 Å². The van der Waals surface area contributed by atoms with Gasteiger partial charge in [-0.2, -0.15) is 0 Å². The quantitative estimate of drug-likeness (QED) is 0.529. The molecule has 0 aromatic heterocycles. The van der Waals surface area contributed by atoms with E-state index in [0.717, 1.165) is 32.1 Å². The molecule has 1 saturated heterocycles. The fourth-order valence-corrected chi connectivity index (χ4v) is 1.90. The number of piperidine rings is 1. The second kappa shape index (κ2) is 8.45. The van der Waals surface area contributed by atoms with Crippen molar-refractivity contribution in [3.8, 4) is 0 Å². The van der Waals surface area contributed by atoms with Gasteiger partial charge in [0.15, 0.2) is 0 Å². The van der Waals surface area contributed by atoms with Crippen LogP contribution in [0.25, 0.3) is 0 Å². The molecule has 1 aliphatic heterocycles. The topological polar surface area (TPSA) is 73.6 Å². The van der Waals surface area contributed by atoms with Gasteiger partial charge >= 0.3 is 5.97 Å². The maximum Gasteiger partial charge on any atom is 0.323 e. The van der Waals surface area contributed by atoms with Crippen LogP contribution in [0.2, 0.25) is 0 Å². The van der Waals surface area contributed by atoms with Gasteiger partial charge in [-0.1, -0.05) is 13.3 Å². The molecular weight excluding hydrogens is 232 g/mol. The number of unbranched alkanes of at least 4 members (excludes halogenated alkanes) is 1. The van der Waals surface area contributed by atoms with Gasteiger partial charge in [0.2, 0.25) is 0 Å². The summed E-state index contributed by atoms with van der Waals surface area (Å²) in [6.07, 6.45) is 4.60. The number of esters is 1. The third-order valence-electron chi connectivity index (χ3n) is 2.93. The van der Waals surface area contributed by atoms with Crippen molar-refractivity contribution in [1.82, 2.24) is 5.32 Å². The summed E-state index contributed by atoms with van der Waals surface area (Å²) in [6, 6.07) is -0.211. The average molecular weight is 258 g/mol. The average Bonchev–Trinajstić information content (AvgIpc) is 2.37. The smallest absolute Gasteiger partial charge is 0.323 e. The van der Waals surface area contributed by atoms with E-state index < -0.39 is 0 Å². The maximum absolute atomic E-state index is 11.8. The van der Waals surface area contributed by atoms with E-state index in [4.69, 9.17) is 15.2 Å². The summed E-state index contributed by atoms with van der Waals surface area (Å²) in [4.78, 5) is 11.8. The van der Waals surface area contributed by atoms with Crippen LogP contribution in [-0.2, 0) is 14.3 Å². The molecule has 3 atom stereocenters. The van der Waals surface area contributed by atoms with Gasteiger partial charge in [-0.25, -0.2) is 0 Å². The Morgan fingerprint density at radius 1 is 1.50 bits per heavy atom. The van der Waals surface area contributed by atoms with Gasteiger partial charge in [0, 0.05) is 6.04 Å². The summed E-state index contributed by atoms with van der Waals surface area (Å²) in [5.74, 6) is -0.155. The normalized spacial score (nSPS) is 25.7. The third kappa shape index (κ3) is 5.80. The van der Waals surface area contributed by atoms with Gasteiger partial charge in [0.1, 0.15) is 12.3 Å². The molecule has 0 aromatic rings. The van der Waals surface area contributed by atoms with Crippen LogP contribution < -0.4 is 11.1 Å². The third-order valence-corrected chi connectivity index (χ3v) is 2.93. The molecule has 0 amide bonds. The molecular formula is C13H26N2O3. The molecule has 1 aliphatic rings. The SMILES string of the molecule is CCCCOC(=O)C1CCCC(OCC(C)N)N1. The zero-order valence-corrected chi connectivity index (χ0v) is 11.5. The lowest BCUT2D eigenvalue weighted by Gasteiger charge is -2.30. The monoisotopic (exact) mass is 258 g/mol. The van der Waals surface area contributed by atoms with Crippen LogP contribution in [-0.4, -0.2) is 37.5 Å². The van der Waals surface area contributed by atoms with Crippen LogP contribution in [0.4, 0.5) is 0 Å². The minimum Gasteiger partial charge on any atom is -0.465 e. The predicted octanol–water partition coefficient (Wildman–Crippen LogP) is 1.16. The minimum absolute atomic E-state index is 0.0173. The van der Waals surface area contributed by atoms with E-state index in [2.05, 4.69) is 12.2 Å². The molecule has 3 unspecified atom stereocenters. The molecule has 1 rings (SSSR count). The molecule has 0 bridgehead atoms. The summed E-state index contributed by atoms with van der Waals surface area (Å²) in [5, 5.41) is 3.18. The molecule has 1 fully saturated rings. The lowest BCUT2D eigenvalue weighted by Crippen LogP contribution is -2.49. The van der Waals surface area contributed by atoms with E-state index in [-0.39, 0.29) is 24.3 Å². The molecule has 106 valence electrons. The van der Waals surface area contributed by atoms with Crippen LogP contribution >= 0.6 is 0 Å². The van der Waals surface area contributed by atoms with Gasteiger partial charge in [-0.3, -0.25) is 10.1 Å². The number of hydrogen-bond donors (Lipinski definition) is 2. The van der Waals surface area contributed by atoms with Crippen molar-refractivity contribution in [3.05, 3.63) is 0 Å². The Morgan fingerprint density at radius 3 is 2.94 bits per heavy atom. The first-order valence-corrected chi connectivity index (χ1v) is 6.93. The van der Waals surface area contributed by atoms with Crippen molar-refractivity contribution in [1.29, 1.82) is 0 Å². The van der Waals surface area contributed by atoms with Crippen LogP contribution in [0.3, 0.4) is 0 Å². The fraction of sp³-hybridized carbons (Fsp3) is 0.923. The highest BCUT2D eigenvalue weighted by Crippen LogP contribution is 2.15. The van der Waals surface area contributed by atoms with Crippen LogP contribution in [0.1, 0.15) is 46.0 Å². The molecule has 0 spiro atoms. The van der Waals surface area contributed by atoms with Gasteiger partial charge in [-0.05, 0) is 32.6 Å². The Bertz CT molecular complexity index is 246. The standard InChI is InChI=1S/C13H26N2O3/c1-3-4-8-17-13(16)11-6-5-7-12(15-11)18-9-10(2)14/h10-12,15H,3-9,14H2,1-2H3. The summed E-state index contributed by atoms with van der Waals surface area (Å²) >= 11 is 0. The molecule has 0 aliphatic carbocycles. The van der Waals surface area contributed by atoms with Crippen molar-refractivity contribution in [2.24, 2.45) is 5.73 Å². The number of nitrogens with two attached hydrogens (primary N) is 1. The molecule has 0 aromatic carbocycles. The van der Waals surface area contributed by atoms with Gasteiger partial charge in [-0.15, -0.1) is 0 Å². The first-order valence-electron chi connectivity index (χ1n) is 6.93. The van der Waals surface area contributed by atoms with Gasteiger partial charge in [0.05, 0.1) is 13.2 Å². The molecule has 1 heterocycles. The number of rotatable bonds is 7. The lowest BCUT2D eigenvalue weighted by atomic mass is 10.0. The lowest BCUT2D eigenvalue weighted by molar-refractivity contribution is -0.149. The Kier molecular flexibility index (Phi) is 7.23. The van der Waals surface area contributed by atoms with Crippen molar-refractivity contribution in [2.45, 2.75) is 64.3 Å². The first-order chi connectivity index (χ1) is 8.63. The highest BCUT2D eigenvalue weighted by atomic mass is 16.5. The fourth-order valence-electron chi connectivity index (χ4n) is 1.90. The van der Waals surface area contributed by atoms with Crippen LogP contribution in [0, 0.1) is 0 Å². The molecule has 3 N–H and O–H groups in total. The number of hydrogen-bond acceptors (Lipinski definition) is 5. The predicted molar refractivity (Wildman–Crippen MR) is 70.0 cm³/mol. The summed E-state index contributed by atoms with van der Waals surface area (Å²) < 4.78 is 10.8. The minimum atomic E-state index is -0.228. The van der Waals surface area contributed by atoms with E-state index in [9.17, 15) is 4.79 Å². The zero-order valence-electron chi connectivity index (χ0n) is 11.5. The largest absolute Gasteiger partial charge is 0.465 e. The Balaban J connectivity index is 2.26. The van der Waals surface area contributed by atoms with E-state index in [1.54, 1.807) is 0 Å². The molecule has 5 nitrogen and oxygen atoms in total. The Labute approximate surface area is 109 Å². The van der Waals surface area contributed by atoms with E-state index in [1.165, 1.54) is 0 Å². The second-order valence-electron chi connectivity index (χ2n) is 4.97. The number of carbonyl (C=O) groups excluding carboxylic acids is 1. The Morgan fingerprint density at radius 2 is 2.28 bits per heavy atom. The van der Waals surface area contributed by atoms with Crippen LogP contribution in [0.15, 0.2) is 0 Å². The summed E-state index contributed by atoms with van der Waals surface area (Å²) in [6.45, 7) is 5.00. The van der Waals surface area contributed by atoms with Gasteiger partial charge in [0.25, 0.3) is 0 Å². The van der Waals surface area contributed by atoms with E-state index >= 15 is 0 Å². The maximum atomic E-state index is 11.8. The molecule has 5 heteroatoms. The van der Waals surface area contributed by atoms with Gasteiger partial charge < -0.3 is 15.2 Å². The summed E-state index contributed by atoms with van der Waals surface area (Å²) in [7, 11) is 0. The number of nitrogens with one attached hydrogen (secondary N) is 1. The van der Waals surface area contributed by atoms with Crippen molar-refractivity contribution in [3.63, 3.8) is 0 Å². The summed E-state index contributed by atoms with van der Waals surface area (Å²) in [5.41, 5.74) is 5.64. The van der Waals surface area contributed by atoms with E-state index in [0.29, 0.717) is 13.2 Å². The second-order valence-corrected chi connectivity index (χ2v) is 4.97. The highest BCUT2D eigenvalue weighted by molar-refractivity contribution is 5.75. The van der Waals surface area contributed by atoms with Crippen molar-refractivity contribution < 1.29 is 14.3 Å². The van der Waals surface area contributed by atoms with Crippen LogP contribution in [0.5, 0.6) is 0 Å². The van der Waals surface area contributed by atoms with E-state index in [1.807, 2.05) is 6.92 Å². The molecule has 18 heavy (non-hydrogen) atoms. The Hall–Kier alpha value is -0.650. The number of carbonyl (C=O) groups is 1. The number of ether oxygens (including phenoxy) is 2. The molecule has 0 radical (unpaired) electrons. The highest BCUT2D eigenvalue weighted by Gasteiger charge is 2.27. The zero-order chi connectivity index (χ0) is 13.4. The first kappa shape index (κ1) is 15.4. The molecule has 0 saturated carbocycles. The van der Waals surface area contributed by atoms with Crippen molar-refractivity contribution in [2.75, 3.05) is 13.2 Å².